The number of amides is 1. The molecule has 0 radical (unpaired) electrons. The van der Waals surface area contributed by atoms with Crippen LogP contribution in [0.2, 0.25) is 0 Å². The fraction of sp³-hybridized carbons (Fsp3) is 0.533. The Kier molecular flexibility index (Phi) is 3.08. The lowest BCUT2D eigenvalue weighted by Gasteiger charge is -2.33. The lowest BCUT2D eigenvalue weighted by Crippen LogP contribution is -2.39. The smallest absolute Gasteiger partial charge is 0.253 e. The van der Waals surface area contributed by atoms with Crippen LogP contribution in [0.5, 0.6) is 0 Å². The summed E-state index contributed by atoms with van der Waals surface area (Å²) >= 11 is 0. The molecule has 0 aliphatic carbocycles. The molecule has 3 nitrogen and oxygen atoms in total. The molecule has 2 aliphatic rings. The van der Waals surface area contributed by atoms with Gasteiger partial charge in [0.15, 0.2) is 0 Å². The molecule has 1 spiro atoms. The van der Waals surface area contributed by atoms with Gasteiger partial charge in [0.25, 0.3) is 5.91 Å². The van der Waals surface area contributed by atoms with Gasteiger partial charge in [-0.25, -0.2) is 0 Å². The highest BCUT2D eigenvalue weighted by atomic mass is 16.2. The highest BCUT2D eigenvalue weighted by Crippen LogP contribution is 2.38. The molecule has 0 bridgehead atoms. The van der Waals surface area contributed by atoms with Crippen LogP contribution in [0.1, 0.15) is 29.6 Å². The fourth-order valence-electron chi connectivity index (χ4n) is 3.24. The first-order valence-electron chi connectivity index (χ1n) is 6.84. The van der Waals surface area contributed by atoms with Crippen LogP contribution < -0.4 is 5.32 Å². The summed E-state index contributed by atoms with van der Waals surface area (Å²) in [5.41, 5.74) is 1.22. The molecule has 2 aliphatic heterocycles. The van der Waals surface area contributed by atoms with Gasteiger partial charge in [-0.1, -0.05) is 18.2 Å². The van der Waals surface area contributed by atoms with Gasteiger partial charge in [-0.2, -0.15) is 0 Å². The molecule has 0 saturated carbocycles. The number of hydrogen-bond acceptors (Lipinski definition) is 2. The third-order valence-corrected chi connectivity index (χ3v) is 4.41. The zero-order valence-electron chi connectivity index (χ0n) is 10.7. The molecule has 0 unspecified atom stereocenters. The number of carbonyl (C=O) groups excluding carboxylic acids is 1. The van der Waals surface area contributed by atoms with E-state index in [4.69, 9.17) is 0 Å². The second-order valence-electron chi connectivity index (χ2n) is 5.59. The molecule has 2 heterocycles. The maximum absolute atomic E-state index is 12.4. The van der Waals surface area contributed by atoms with Gasteiger partial charge < -0.3 is 10.2 Å². The Labute approximate surface area is 108 Å². The Morgan fingerprint density at radius 3 is 2.56 bits per heavy atom. The molecule has 1 amide bonds. The summed E-state index contributed by atoms with van der Waals surface area (Å²) in [6.45, 7) is 4.08. The van der Waals surface area contributed by atoms with E-state index in [0.717, 1.165) is 31.7 Å². The van der Waals surface area contributed by atoms with Gasteiger partial charge in [0.05, 0.1) is 0 Å². The molecule has 96 valence electrons. The van der Waals surface area contributed by atoms with Crippen molar-refractivity contribution < 1.29 is 4.79 Å². The fourth-order valence-corrected chi connectivity index (χ4v) is 3.24. The number of likely N-dealkylation sites (tertiary alicyclic amines) is 1. The molecular weight excluding hydrogens is 224 g/mol. The van der Waals surface area contributed by atoms with E-state index in [2.05, 4.69) is 5.32 Å². The zero-order chi connectivity index (χ0) is 12.4. The summed E-state index contributed by atoms with van der Waals surface area (Å²) in [5.74, 6) is 0.200. The lowest BCUT2D eigenvalue weighted by atomic mass is 9.78. The highest BCUT2D eigenvalue weighted by molar-refractivity contribution is 5.94. The van der Waals surface area contributed by atoms with Crippen molar-refractivity contribution in [1.82, 2.24) is 10.2 Å². The van der Waals surface area contributed by atoms with Crippen LogP contribution in [-0.2, 0) is 0 Å². The van der Waals surface area contributed by atoms with Crippen LogP contribution in [0, 0.1) is 5.41 Å². The van der Waals surface area contributed by atoms with E-state index in [9.17, 15) is 4.79 Å². The zero-order valence-corrected chi connectivity index (χ0v) is 10.7. The second-order valence-corrected chi connectivity index (χ2v) is 5.59. The number of piperidine rings is 1. The minimum absolute atomic E-state index is 0.200. The van der Waals surface area contributed by atoms with Crippen molar-refractivity contribution in [3.05, 3.63) is 35.9 Å². The minimum atomic E-state index is 0.200. The first-order chi connectivity index (χ1) is 8.79. The van der Waals surface area contributed by atoms with Crippen molar-refractivity contribution in [2.24, 2.45) is 5.41 Å². The van der Waals surface area contributed by atoms with Crippen LogP contribution in [0.25, 0.3) is 0 Å². The van der Waals surface area contributed by atoms with Crippen LogP contribution in [0.3, 0.4) is 0 Å². The third kappa shape index (κ3) is 2.15. The van der Waals surface area contributed by atoms with Crippen LogP contribution >= 0.6 is 0 Å². The molecule has 3 rings (SSSR count). The van der Waals surface area contributed by atoms with E-state index < -0.39 is 0 Å². The van der Waals surface area contributed by atoms with Gasteiger partial charge in [-0.15, -0.1) is 0 Å². The molecule has 18 heavy (non-hydrogen) atoms. The summed E-state index contributed by atoms with van der Waals surface area (Å²) in [5, 5.41) is 3.41. The summed E-state index contributed by atoms with van der Waals surface area (Å²) in [7, 11) is 0. The number of hydrogen-bond donors (Lipinski definition) is 1. The van der Waals surface area contributed by atoms with E-state index in [1.165, 1.54) is 19.3 Å². The molecule has 3 heteroatoms. The van der Waals surface area contributed by atoms with Gasteiger partial charge in [-0.3, -0.25) is 4.79 Å². The van der Waals surface area contributed by atoms with Gasteiger partial charge in [0, 0.05) is 18.7 Å². The Hall–Kier alpha value is -1.35. The third-order valence-electron chi connectivity index (χ3n) is 4.41. The van der Waals surface area contributed by atoms with Crippen molar-refractivity contribution >= 4 is 5.91 Å². The Bertz CT molecular complexity index is 423. The average molecular weight is 244 g/mol. The topological polar surface area (TPSA) is 32.3 Å². The molecule has 1 aromatic rings. The standard InChI is InChI=1S/C15H20N2O/c18-14(13-4-2-1-3-5-13)17-11-8-15(12-17)6-9-16-10-7-15/h1-5,16H,6-12H2. The van der Waals surface area contributed by atoms with Gasteiger partial charge in [0.2, 0.25) is 0 Å². The van der Waals surface area contributed by atoms with Crippen molar-refractivity contribution in [2.75, 3.05) is 26.2 Å². The predicted molar refractivity (Wildman–Crippen MR) is 71.5 cm³/mol. The number of nitrogens with one attached hydrogen (secondary N) is 1. The molecule has 2 saturated heterocycles. The summed E-state index contributed by atoms with van der Waals surface area (Å²) in [6.07, 6.45) is 3.60. The summed E-state index contributed by atoms with van der Waals surface area (Å²) in [6, 6.07) is 9.65. The number of carbonyl (C=O) groups is 1. The quantitative estimate of drug-likeness (QED) is 0.818. The maximum Gasteiger partial charge on any atom is 0.253 e. The van der Waals surface area contributed by atoms with Gasteiger partial charge >= 0.3 is 0 Å². The van der Waals surface area contributed by atoms with E-state index >= 15 is 0 Å². The predicted octanol–water partition coefficient (Wildman–Crippen LogP) is 1.90. The molecule has 0 atom stereocenters. The lowest BCUT2D eigenvalue weighted by molar-refractivity contribution is 0.0762. The van der Waals surface area contributed by atoms with Crippen molar-refractivity contribution in [2.45, 2.75) is 19.3 Å². The molecule has 1 N–H and O–H groups in total. The number of rotatable bonds is 1. The van der Waals surface area contributed by atoms with Crippen LogP contribution in [-0.4, -0.2) is 37.0 Å². The van der Waals surface area contributed by atoms with E-state index in [-0.39, 0.29) is 5.91 Å². The van der Waals surface area contributed by atoms with Gasteiger partial charge in [-0.05, 0) is 49.9 Å². The SMILES string of the molecule is O=C(c1ccccc1)N1CCC2(CCNCC2)C1. The molecule has 0 aromatic heterocycles. The Morgan fingerprint density at radius 2 is 1.83 bits per heavy atom. The largest absolute Gasteiger partial charge is 0.338 e. The first-order valence-corrected chi connectivity index (χ1v) is 6.84. The van der Waals surface area contributed by atoms with Crippen molar-refractivity contribution in [1.29, 1.82) is 0 Å². The van der Waals surface area contributed by atoms with Crippen LogP contribution in [0.4, 0.5) is 0 Å². The monoisotopic (exact) mass is 244 g/mol. The summed E-state index contributed by atoms with van der Waals surface area (Å²) < 4.78 is 0. The van der Waals surface area contributed by atoms with E-state index in [1.807, 2.05) is 35.2 Å². The number of benzene rings is 1. The highest BCUT2D eigenvalue weighted by Gasteiger charge is 2.40. The number of nitrogens with zero attached hydrogens (tertiary/aromatic N) is 1. The normalized spacial score (nSPS) is 22.3. The van der Waals surface area contributed by atoms with Crippen molar-refractivity contribution in [3.8, 4) is 0 Å². The second kappa shape index (κ2) is 4.73. The summed E-state index contributed by atoms with van der Waals surface area (Å²) in [4.78, 5) is 14.4. The molecular formula is C15H20N2O. The molecule has 2 fully saturated rings. The van der Waals surface area contributed by atoms with E-state index in [1.54, 1.807) is 0 Å². The van der Waals surface area contributed by atoms with Gasteiger partial charge in [0.1, 0.15) is 0 Å². The Balaban J connectivity index is 1.70. The average Bonchev–Trinajstić information content (AvgIpc) is 2.83. The molecule has 1 aromatic carbocycles. The minimum Gasteiger partial charge on any atom is -0.338 e. The first kappa shape index (κ1) is 11.7. The van der Waals surface area contributed by atoms with E-state index in [0.29, 0.717) is 5.41 Å². The van der Waals surface area contributed by atoms with Crippen LogP contribution in [0.15, 0.2) is 30.3 Å². The van der Waals surface area contributed by atoms with Crippen molar-refractivity contribution in [3.63, 3.8) is 0 Å². The Morgan fingerprint density at radius 1 is 1.11 bits per heavy atom. The maximum atomic E-state index is 12.4.